The van der Waals surface area contributed by atoms with Crippen LogP contribution in [0.5, 0.6) is 0 Å². The topological polar surface area (TPSA) is 118 Å². The number of nitrogen functional groups attached to an aromatic ring is 1. The molecule has 0 saturated carbocycles. The number of guanidine groups is 1. The molecule has 2 aromatic rings. The van der Waals surface area contributed by atoms with Crippen molar-refractivity contribution < 1.29 is 0 Å². The van der Waals surface area contributed by atoms with Gasteiger partial charge < -0.3 is 16.8 Å². The summed E-state index contributed by atoms with van der Waals surface area (Å²) in [5.74, 6) is 0.817. The van der Waals surface area contributed by atoms with E-state index in [0.29, 0.717) is 42.0 Å². The van der Waals surface area contributed by atoms with Crippen LogP contribution in [0.25, 0.3) is 5.69 Å². The molecule has 1 unspecified atom stereocenters. The number of nitriles is 1. The summed E-state index contributed by atoms with van der Waals surface area (Å²) < 4.78 is 1.62. The summed E-state index contributed by atoms with van der Waals surface area (Å²) in [6.07, 6.45) is 2.34. The SMILES string of the molecule is CCC(C)NC(N)=NCCCc1nn(-c2ccc(C)cc2)c(N)c1C#N. The molecule has 0 aliphatic rings. The second kappa shape index (κ2) is 8.90. The number of nitrogens with two attached hydrogens (primary N) is 2. The van der Waals surface area contributed by atoms with Crippen LogP contribution in [-0.4, -0.2) is 28.3 Å². The van der Waals surface area contributed by atoms with Gasteiger partial charge in [-0.2, -0.15) is 10.4 Å². The van der Waals surface area contributed by atoms with E-state index in [1.54, 1.807) is 4.68 Å². The van der Waals surface area contributed by atoms with E-state index >= 15 is 0 Å². The fraction of sp³-hybridized carbons (Fsp3) is 0.421. The molecule has 7 nitrogen and oxygen atoms in total. The number of aromatic nitrogens is 2. The van der Waals surface area contributed by atoms with Crippen LogP contribution >= 0.6 is 0 Å². The molecule has 138 valence electrons. The lowest BCUT2D eigenvalue weighted by Gasteiger charge is -2.11. The van der Waals surface area contributed by atoms with Crippen LogP contribution in [0.4, 0.5) is 5.82 Å². The zero-order chi connectivity index (χ0) is 19.1. The first-order valence-corrected chi connectivity index (χ1v) is 8.87. The minimum absolute atomic E-state index is 0.300. The Morgan fingerprint density at radius 2 is 2.08 bits per heavy atom. The average molecular weight is 353 g/mol. The van der Waals surface area contributed by atoms with Gasteiger partial charge in [0, 0.05) is 12.6 Å². The van der Waals surface area contributed by atoms with Crippen LogP contribution in [0.1, 0.15) is 43.5 Å². The Kier molecular flexibility index (Phi) is 6.61. The van der Waals surface area contributed by atoms with Crippen molar-refractivity contribution in [3.8, 4) is 11.8 Å². The number of hydrogen-bond donors (Lipinski definition) is 3. The van der Waals surface area contributed by atoms with Crippen molar-refractivity contribution in [3.05, 3.63) is 41.1 Å². The zero-order valence-corrected chi connectivity index (χ0v) is 15.7. The molecular formula is C19H27N7. The standard InChI is InChI=1S/C19H27N7/c1-4-14(3)24-19(22)23-11-5-6-17-16(12-20)18(21)26(25-17)15-9-7-13(2)8-10-15/h7-10,14H,4-6,11,21H2,1-3H3,(H3,22,23,24). The highest BCUT2D eigenvalue weighted by Crippen LogP contribution is 2.21. The molecule has 2 rings (SSSR count). The monoisotopic (exact) mass is 353 g/mol. The van der Waals surface area contributed by atoms with Gasteiger partial charge in [-0.3, -0.25) is 4.99 Å². The minimum atomic E-state index is 0.300. The van der Waals surface area contributed by atoms with Crippen molar-refractivity contribution in [2.24, 2.45) is 10.7 Å². The summed E-state index contributed by atoms with van der Waals surface area (Å²) in [7, 11) is 0. The van der Waals surface area contributed by atoms with E-state index in [9.17, 15) is 5.26 Å². The van der Waals surface area contributed by atoms with Gasteiger partial charge >= 0.3 is 0 Å². The summed E-state index contributed by atoms with van der Waals surface area (Å²) in [5.41, 5.74) is 15.1. The molecule has 1 heterocycles. The van der Waals surface area contributed by atoms with Gasteiger partial charge in [-0.05, 0) is 45.2 Å². The summed E-state index contributed by atoms with van der Waals surface area (Å²) in [6.45, 7) is 6.73. The highest BCUT2D eigenvalue weighted by molar-refractivity contribution is 5.78. The Bertz CT molecular complexity index is 797. The van der Waals surface area contributed by atoms with Crippen molar-refractivity contribution in [2.75, 3.05) is 12.3 Å². The second-order valence-electron chi connectivity index (χ2n) is 6.39. The normalized spacial score (nSPS) is 12.6. The zero-order valence-electron chi connectivity index (χ0n) is 15.7. The third kappa shape index (κ3) is 4.76. The third-order valence-electron chi connectivity index (χ3n) is 4.24. The van der Waals surface area contributed by atoms with Crippen LogP contribution in [0, 0.1) is 18.3 Å². The lowest BCUT2D eigenvalue weighted by Crippen LogP contribution is -2.38. The van der Waals surface area contributed by atoms with Crippen LogP contribution in [0.3, 0.4) is 0 Å². The van der Waals surface area contributed by atoms with Crippen molar-refractivity contribution in [3.63, 3.8) is 0 Å². The lowest BCUT2D eigenvalue weighted by molar-refractivity contribution is 0.635. The van der Waals surface area contributed by atoms with E-state index in [4.69, 9.17) is 11.5 Å². The molecule has 5 N–H and O–H groups in total. The van der Waals surface area contributed by atoms with Gasteiger partial charge in [-0.1, -0.05) is 24.6 Å². The van der Waals surface area contributed by atoms with Gasteiger partial charge in [0.2, 0.25) is 0 Å². The number of hydrogen-bond acceptors (Lipinski definition) is 4. The van der Waals surface area contributed by atoms with E-state index in [1.807, 2.05) is 31.2 Å². The smallest absolute Gasteiger partial charge is 0.188 e. The van der Waals surface area contributed by atoms with Crippen molar-refractivity contribution in [2.45, 2.75) is 46.1 Å². The Morgan fingerprint density at radius 3 is 2.69 bits per heavy atom. The molecule has 0 amide bonds. The molecule has 0 saturated heterocycles. The molecule has 26 heavy (non-hydrogen) atoms. The molecule has 0 aliphatic carbocycles. The molecule has 0 spiro atoms. The summed E-state index contributed by atoms with van der Waals surface area (Å²) in [6, 6.07) is 10.3. The highest BCUT2D eigenvalue weighted by Gasteiger charge is 2.16. The number of aryl methyl sites for hydroxylation is 2. The molecule has 0 radical (unpaired) electrons. The van der Waals surface area contributed by atoms with E-state index in [-0.39, 0.29) is 0 Å². The molecule has 1 atom stereocenters. The molecule has 7 heteroatoms. The maximum atomic E-state index is 9.43. The largest absolute Gasteiger partial charge is 0.382 e. The van der Waals surface area contributed by atoms with Crippen LogP contribution < -0.4 is 16.8 Å². The molecular weight excluding hydrogens is 326 g/mol. The summed E-state index contributed by atoms with van der Waals surface area (Å²) in [4.78, 5) is 4.31. The number of benzene rings is 1. The average Bonchev–Trinajstić information content (AvgIpc) is 2.94. The second-order valence-corrected chi connectivity index (χ2v) is 6.39. The Hall–Kier alpha value is -3.01. The molecule has 0 fully saturated rings. The van der Waals surface area contributed by atoms with E-state index in [0.717, 1.165) is 24.1 Å². The van der Waals surface area contributed by atoms with Gasteiger partial charge in [0.1, 0.15) is 17.5 Å². The molecule has 0 bridgehead atoms. The highest BCUT2D eigenvalue weighted by atomic mass is 15.3. The van der Waals surface area contributed by atoms with Crippen LogP contribution in [-0.2, 0) is 6.42 Å². The fourth-order valence-corrected chi connectivity index (χ4v) is 2.50. The first-order chi connectivity index (χ1) is 12.5. The quantitative estimate of drug-likeness (QED) is 0.401. The van der Waals surface area contributed by atoms with Gasteiger partial charge in [-0.15, -0.1) is 0 Å². The van der Waals surface area contributed by atoms with Crippen LogP contribution in [0.15, 0.2) is 29.3 Å². The Labute approximate surface area is 154 Å². The molecule has 1 aromatic carbocycles. The predicted molar refractivity (Wildman–Crippen MR) is 105 cm³/mol. The van der Waals surface area contributed by atoms with Gasteiger partial charge in [-0.25, -0.2) is 4.68 Å². The summed E-state index contributed by atoms with van der Waals surface area (Å²) in [5, 5.41) is 17.1. The summed E-state index contributed by atoms with van der Waals surface area (Å²) >= 11 is 0. The molecule has 1 aromatic heterocycles. The number of anilines is 1. The van der Waals surface area contributed by atoms with E-state index < -0.39 is 0 Å². The molecule has 0 aliphatic heterocycles. The lowest BCUT2D eigenvalue weighted by atomic mass is 10.1. The predicted octanol–water partition coefficient (Wildman–Crippen LogP) is 2.27. The first-order valence-electron chi connectivity index (χ1n) is 8.87. The van der Waals surface area contributed by atoms with Gasteiger partial charge in [0.15, 0.2) is 5.96 Å². The number of rotatable bonds is 7. The van der Waals surface area contributed by atoms with E-state index in [2.05, 4.69) is 35.3 Å². The van der Waals surface area contributed by atoms with Crippen molar-refractivity contribution in [1.82, 2.24) is 15.1 Å². The number of aliphatic imine (C=N–C) groups is 1. The van der Waals surface area contributed by atoms with Gasteiger partial charge in [0.05, 0.1) is 11.4 Å². The van der Waals surface area contributed by atoms with Crippen LogP contribution in [0.2, 0.25) is 0 Å². The number of nitrogens with zero attached hydrogens (tertiary/aromatic N) is 4. The first kappa shape index (κ1) is 19.3. The minimum Gasteiger partial charge on any atom is -0.382 e. The Morgan fingerprint density at radius 1 is 1.38 bits per heavy atom. The van der Waals surface area contributed by atoms with Gasteiger partial charge in [0.25, 0.3) is 0 Å². The maximum Gasteiger partial charge on any atom is 0.188 e. The maximum absolute atomic E-state index is 9.43. The fourth-order valence-electron chi connectivity index (χ4n) is 2.50. The Balaban J connectivity index is 2.06. The third-order valence-corrected chi connectivity index (χ3v) is 4.24. The van der Waals surface area contributed by atoms with E-state index in [1.165, 1.54) is 0 Å². The van der Waals surface area contributed by atoms with Crippen molar-refractivity contribution >= 4 is 11.8 Å². The van der Waals surface area contributed by atoms with Crippen molar-refractivity contribution in [1.29, 1.82) is 5.26 Å². The number of nitrogens with one attached hydrogen (secondary N) is 1.